The van der Waals surface area contributed by atoms with Gasteiger partial charge in [-0.15, -0.1) is 0 Å². The number of hydrogen-bond donors (Lipinski definition) is 2. The van der Waals surface area contributed by atoms with Crippen LogP contribution in [0.5, 0.6) is 11.5 Å². The summed E-state index contributed by atoms with van der Waals surface area (Å²) in [7, 11) is 0. The van der Waals surface area contributed by atoms with Crippen molar-refractivity contribution in [1.82, 2.24) is 0 Å². The zero-order valence-corrected chi connectivity index (χ0v) is 17.3. The number of anilines is 2. The van der Waals surface area contributed by atoms with Gasteiger partial charge in [-0.05, 0) is 64.1 Å². The van der Waals surface area contributed by atoms with E-state index in [1.54, 1.807) is 49.4 Å². The molecule has 1 heterocycles. The van der Waals surface area contributed by atoms with E-state index < -0.39 is 17.5 Å². The molecule has 2 N–H and O–H groups in total. The number of ether oxygens (including phenoxy) is 3. The molecule has 1 aliphatic rings. The van der Waals surface area contributed by atoms with Crippen LogP contribution in [0, 0.1) is 0 Å². The number of rotatable bonds is 6. The second-order valence-electron chi connectivity index (χ2n) is 7.17. The highest BCUT2D eigenvalue weighted by Gasteiger charge is 2.48. The molecule has 0 saturated heterocycles. The summed E-state index contributed by atoms with van der Waals surface area (Å²) in [5.41, 5.74) is -0.509. The molecule has 0 unspecified atom stereocenters. The van der Waals surface area contributed by atoms with Crippen molar-refractivity contribution in [1.29, 1.82) is 0 Å². The van der Waals surface area contributed by atoms with E-state index in [4.69, 9.17) is 14.2 Å². The van der Waals surface area contributed by atoms with Crippen molar-refractivity contribution in [3.8, 4) is 11.5 Å². The summed E-state index contributed by atoms with van der Waals surface area (Å²) in [6.45, 7) is 6.96. The van der Waals surface area contributed by atoms with Crippen LogP contribution in [0.2, 0.25) is 0 Å². The van der Waals surface area contributed by atoms with Crippen molar-refractivity contribution in [3.05, 3.63) is 48.0 Å². The highest BCUT2D eigenvalue weighted by molar-refractivity contribution is 6.14. The minimum absolute atomic E-state index is 0.0426. The summed E-state index contributed by atoms with van der Waals surface area (Å²) < 4.78 is 16.2. The second kappa shape index (κ2) is 8.44. The minimum atomic E-state index is -1.81. The van der Waals surface area contributed by atoms with Gasteiger partial charge >= 0.3 is 5.97 Å². The zero-order valence-electron chi connectivity index (χ0n) is 17.3. The molecule has 0 radical (unpaired) electrons. The van der Waals surface area contributed by atoms with Crippen molar-refractivity contribution in [2.24, 2.45) is 0 Å². The molecule has 1 atom stereocenters. The second-order valence-corrected chi connectivity index (χ2v) is 7.17. The van der Waals surface area contributed by atoms with Gasteiger partial charge in [0.1, 0.15) is 11.5 Å². The van der Waals surface area contributed by atoms with Crippen molar-refractivity contribution in [3.63, 3.8) is 0 Å². The van der Waals surface area contributed by atoms with E-state index in [2.05, 4.69) is 10.6 Å². The van der Waals surface area contributed by atoms with Gasteiger partial charge in [0.15, 0.2) is 0 Å². The molecule has 8 heteroatoms. The van der Waals surface area contributed by atoms with Crippen LogP contribution in [0.1, 0.15) is 38.1 Å². The van der Waals surface area contributed by atoms with Gasteiger partial charge in [0, 0.05) is 17.3 Å². The van der Waals surface area contributed by atoms with Gasteiger partial charge in [0.05, 0.1) is 18.4 Å². The monoisotopic (exact) mass is 412 g/mol. The molecule has 2 amide bonds. The molecule has 0 aliphatic carbocycles. The van der Waals surface area contributed by atoms with Crippen LogP contribution < -0.4 is 20.1 Å². The Kier molecular flexibility index (Phi) is 5.96. The summed E-state index contributed by atoms with van der Waals surface area (Å²) in [5.74, 6) is -0.791. The molecule has 0 bridgehead atoms. The predicted molar refractivity (Wildman–Crippen MR) is 111 cm³/mol. The Morgan fingerprint density at radius 2 is 1.87 bits per heavy atom. The molecule has 3 rings (SSSR count). The first-order chi connectivity index (χ1) is 14.2. The third-order valence-corrected chi connectivity index (χ3v) is 4.39. The van der Waals surface area contributed by atoms with Gasteiger partial charge < -0.3 is 24.8 Å². The first-order valence-electron chi connectivity index (χ1n) is 9.62. The van der Waals surface area contributed by atoms with Crippen LogP contribution in [0.4, 0.5) is 11.4 Å². The van der Waals surface area contributed by atoms with Gasteiger partial charge in [-0.3, -0.25) is 9.59 Å². The van der Waals surface area contributed by atoms with Gasteiger partial charge in [-0.1, -0.05) is 0 Å². The molecular formula is C22H24N2O6. The Bertz CT molecular complexity index is 970. The Morgan fingerprint density at radius 3 is 2.50 bits per heavy atom. The smallest absolute Gasteiger partial charge is 0.360 e. The van der Waals surface area contributed by atoms with E-state index in [9.17, 15) is 14.4 Å². The SMILES string of the molecule is CCOC(=O)[C@@]1(C)Oc2cc(NC(=O)c3ccc(OC(C)C)cc3)ccc2NC1=O. The number of carbonyl (C=O) groups is 3. The van der Waals surface area contributed by atoms with Crippen molar-refractivity contribution in [2.45, 2.75) is 39.4 Å². The standard InChI is InChI=1S/C22H24N2O6/c1-5-28-21(27)22(4)20(26)24-17-11-8-15(12-18(17)30-22)23-19(25)14-6-9-16(10-7-14)29-13(2)3/h6-13H,5H2,1-4H3,(H,23,25)(H,24,26)/t22-/m0/s1. The summed E-state index contributed by atoms with van der Waals surface area (Å²) in [6, 6.07) is 11.5. The number of nitrogens with one attached hydrogen (secondary N) is 2. The number of fused-ring (bicyclic) bond motifs is 1. The average Bonchev–Trinajstić information content (AvgIpc) is 2.69. The van der Waals surface area contributed by atoms with Gasteiger partial charge in [-0.25, -0.2) is 4.79 Å². The molecule has 30 heavy (non-hydrogen) atoms. The first kappa shape index (κ1) is 21.2. The highest BCUT2D eigenvalue weighted by Crippen LogP contribution is 2.36. The van der Waals surface area contributed by atoms with Crippen molar-refractivity contribution >= 4 is 29.2 Å². The lowest BCUT2D eigenvalue weighted by atomic mass is 10.0. The molecule has 0 spiro atoms. The van der Waals surface area contributed by atoms with Crippen molar-refractivity contribution in [2.75, 3.05) is 17.2 Å². The Balaban J connectivity index is 1.76. The maximum atomic E-state index is 12.6. The largest absolute Gasteiger partial charge is 0.491 e. The van der Waals surface area contributed by atoms with Crippen LogP contribution in [-0.4, -0.2) is 36.1 Å². The van der Waals surface area contributed by atoms with Crippen LogP contribution in [0.15, 0.2) is 42.5 Å². The Hall–Kier alpha value is -3.55. The lowest BCUT2D eigenvalue weighted by Gasteiger charge is -2.32. The quantitative estimate of drug-likeness (QED) is 0.557. The third kappa shape index (κ3) is 4.37. The topological polar surface area (TPSA) is 103 Å². The highest BCUT2D eigenvalue weighted by atomic mass is 16.6. The van der Waals surface area contributed by atoms with E-state index in [1.165, 1.54) is 6.92 Å². The fourth-order valence-corrected chi connectivity index (χ4v) is 2.86. The van der Waals surface area contributed by atoms with Crippen LogP contribution in [0.3, 0.4) is 0 Å². The van der Waals surface area contributed by atoms with Crippen LogP contribution in [-0.2, 0) is 14.3 Å². The molecule has 2 aromatic carbocycles. The summed E-state index contributed by atoms with van der Waals surface area (Å²) in [4.78, 5) is 37.1. The normalized spacial score (nSPS) is 17.4. The molecule has 2 aromatic rings. The third-order valence-electron chi connectivity index (χ3n) is 4.39. The number of benzene rings is 2. The number of esters is 1. The van der Waals surface area contributed by atoms with Gasteiger partial charge in [0.25, 0.3) is 17.4 Å². The lowest BCUT2D eigenvalue weighted by molar-refractivity contribution is -0.165. The van der Waals surface area contributed by atoms with Gasteiger partial charge in [-0.2, -0.15) is 0 Å². The Morgan fingerprint density at radius 1 is 1.17 bits per heavy atom. The molecule has 0 saturated carbocycles. The van der Waals surface area contributed by atoms with Gasteiger partial charge in [0.2, 0.25) is 0 Å². The van der Waals surface area contributed by atoms with Crippen LogP contribution >= 0.6 is 0 Å². The minimum Gasteiger partial charge on any atom is -0.491 e. The first-order valence-corrected chi connectivity index (χ1v) is 9.62. The van der Waals surface area contributed by atoms with Crippen LogP contribution in [0.25, 0.3) is 0 Å². The van der Waals surface area contributed by atoms with E-state index in [0.717, 1.165) is 0 Å². The predicted octanol–water partition coefficient (Wildman–Crippen LogP) is 3.38. The molecule has 8 nitrogen and oxygen atoms in total. The average molecular weight is 412 g/mol. The zero-order chi connectivity index (χ0) is 21.9. The van der Waals surface area contributed by atoms with E-state index >= 15 is 0 Å². The molecule has 1 aliphatic heterocycles. The fourth-order valence-electron chi connectivity index (χ4n) is 2.86. The molecule has 158 valence electrons. The van der Waals surface area contributed by atoms with Crippen molar-refractivity contribution < 1.29 is 28.6 Å². The summed E-state index contributed by atoms with van der Waals surface area (Å²) >= 11 is 0. The lowest BCUT2D eigenvalue weighted by Crippen LogP contribution is -2.55. The van der Waals surface area contributed by atoms with E-state index in [1.807, 2.05) is 13.8 Å². The maximum Gasteiger partial charge on any atom is 0.360 e. The summed E-state index contributed by atoms with van der Waals surface area (Å²) in [5, 5.41) is 5.41. The number of carbonyl (C=O) groups excluding carboxylic acids is 3. The summed E-state index contributed by atoms with van der Waals surface area (Å²) in [6.07, 6.45) is 0.0426. The van der Waals surface area contributed by atoms with E-state index in [0.29, 0.717) is 22.7 Å². The Labute approximate surface area is 174 Å². The van der Waals surface area contributed by atoms with E-state index in [-0.39, 0.29) is 24.4 Å². The maximum absolute atomic E-state index is 12.6. The number of amides is 2. The molecular weight excluding hydrogens is 388 g/mol. The number of hydrogen-bond acceptors (Lipinski definition) is 6. The fraction of sp³-hybridized carbons (Fsp3) is 0.318. The molecule has 0 fully saturated rings. The molecule has 0 aromatic heterocycles.